The van der Waals surface area contributed by atoms with Crippen LogP contribution in [0.2, 0.25) is 0 Å². The Morgan fingerprint density at radius 2 is 2.11 bits per heavy atom. The van der Waals surface area contributed by atoms with E-state index in [1.807, 2.05) is 4.90 Å². The van der Waals surface area contributed by atoms with Crippen molar-refractivity contribution >= 4 is 17.7 Å². The number of nitrogens with one attached hydrogen (secondary N) is 1. The summed E-state index contributed by atoms with van der Waals surface area (Å²) >= 11 is 2.06. The van der Waals surface area contributed by atoms with E-state index in [2.05, 4.69) is 35.8 Å². The second-order valence-corrected chi connectivity index (χ2v) is 6.56. The van der Waals surface area contributed by atoms with Crippen LogP contribution in [-0.4, -0.2) is 72.0 Å². The molecular weight excluding hydrogens is 246 g/mol. The zero-order valence-electron chi connectivity index (χ0n) is 11.5. The average Bonchev–Trinajstić information content (AvgIpc) is 2.46. The first-order valence-corrected chi connectivity index (χ1v) is 8.12. The van der Waals surface area contributed by atoms with Crippen LogP contribution in [0.3, 0.4) is 0 Å². The summed E-state index contributed by atoms with van der Waals surface area (Å²) in [7, 11) is 0. The van der Waals surface area contributed by atoms with Crippen LogP contribution in [-0.2, 0) is 4.79 Å². The second kappa shape index (κ2) is 6.78. The average molecular weight is 271 g/mol. The van der Waals surface area contributed by atoms with Gasteiger partial charge in [0.1, 0.15) is 0 Å². The molecule has 2 atom stereocenters. The minimum absolute atomic E-state index is 0.0537. The molecular formula is C13H25N3OS. The lowest BCUT2D eigenvalue weighted by Crippen LogP contribution is -2.55. The molecule has 2 unspecified atom stereocenters. The summed E-state index contributed by atoms with van der Waals surface area (Å²) < 4.78 is 0. The molecule has 0 bridgehead atoms. The molecule has 5 heteroatoms. The summed E-state index contributed by atoms with van der Waals surface area (Å²) in [6.45, 7) is 10.0. The summed E-state index contributed by atoms with van der Waals surface area (Å²) in [5, 5.41) is 4.00. The molecule has 2 aliphatic heterocycles. The van der Waals surface area contributed by atoms with Crippen LogP contribution in [0.5, 0.6) is 0 Å². The predicted molar refractivity (Wildman–Crippen MR) is 77.0 cm³/mol. The highest BCUT2D eigenvalue weighted by molar-refractivity contribution is 8.00. The Morgan fingerprint density at radius 3 is 2.78 bits per heavy atom. The molecule has 0 aromatic carbocycles. The van der Waals surface area contributed by atoms with Gasteiger partial charge in [-0.3, -0.25) is 9.69 Å². The number of hydrogen-bond donors (Lipinski definition) is 1. The van der Waals surface area contributed by atoms with Crippen molar-refractivity contribution in [3.63, 3.8) is 0 Å². The molecule has 2 rings (SSSR count). The van der Waals surface area contributed by atoms with Gasteiger partial charge in [0.05, 0.1) is 6.04 Å². The van der Waals surface area contributed by atoms with Crippen molar-refractivity contribution in [2.75, 3.05) is 45.0 Å². The van der Waals surface area contributed by atoms with Gasteiger partial charge in [-0.05, 0) is 13.3 Å². The number of nitrogens with zero attached hydrogens (tertiary/aromatic N) is 2. The molecule has 0 spiro atoms. The number of hydrogen-bond acceptors (Lipinski definition) is 4. The summed E-state index contributed by atoms with van der Waals surface area (Å²) in [6.07, 6.45) is 1.20. The van der Waals surface area contributed by atoms with Gasteiger partial charge < -0.3 is 10.2 Å². The number of rotatable bonds is 3. The van der Waals surface area contributed by atoms with Crippen LogP contribution >= 0.6 is 11.8 Å². The van der Waals surface area contributed by atoms with E-state index in [9.17, 15) is 4.79 Å². The Hall–Kier alpha value is -0.260. The molecule has 1 amide bonds. The van der Waals surface area contributed by atoms with E-state index in [-0.39, 0.29) is 6.04 Å². The fourth-order valence-corrected chi connectivity index (χ4v) is 3.85. The monoisotopic (exact) mass is 271 g/mol. The zero-order valence-corrected chi connectivity index (χ0v) is 12.3. The molecule has 0 aromatic heterocycles. The van der Waals surface area contributed by atoms with Crippen molar-refractivity contribution in [2.45, 2.75) is 31.6 Å². The van der Waals surface area contributed by atoms with E-state index in [0.717, 1.165) is 45.0 Å². The Bertz CT molecular complexity index is 281. The lowest BCUT2D eigenvalue weighted by Gasteiger charge is -2.38. The fourth-order valence-electron chi connectivity index (χ4n) is 2.65. The topological polar surface area (TPSA) is 35.6 Å². The Morgan fingerprint density at radius 1 is 1.39 bits per heavy atom. The molecule has 2 aliphatic rings. The zero-order chi connectivity index (χ0) is 13.0. The first-order valence-electron chi connectivity index (χ1n) is 7.07. The highest BCUT2D eigenvalue weighted by atomic mass is 32.2. The van der Waals surface area contributed by atoms with E-state index in [1.54, 1.807) is 0 Å². The lowest BCUT2D eigenvalue weighted by atomic mass is 10.2. The standard InChI is InChI=1S/C13H25N3OS/c1-3-12-10-16(8-9-18-12)11(2)13(17)15-6-4-14-5-7-15/h11-12,14H,3-10H2,1-2H3. The van der Waals surface area contributed by atoms with E-state index in [1.165, 1.54) is 6.42 Å². The molecule has 2 fully saturated rings. The van der Waals surface area contributed by atoms with E-state index < -0.39 is 0 Å². The van der Waals surface area contributed by atoms with Crippen molar-refractivity contribution < 1.29 is 4.79 Å². The summed E-state index contributed by atoms with van der Waals surface area (Å²) in [5.41, 5.74) is 0. The first kappa shape index (κ1) is 14.2. The van der Waals surface area contributed by atoms with Gasteiger partial charge in [0.2, 0.25) is 5.91 Å². The Balaban J connectivity index is 1.88. The van der Waals surface area contributed by atoms with Crippen LogP contribution in [0.25, 0.3) is 0 Å². The molecule has 0 aromatic rings. The van der Waals surface area contributed by atoms with Gasteiger partial charge in [-0.1, -0.05) is 6.92 Å². The predicted octanol–water partition coefficient (Wildman–Crippen LogP) is 0.634. The number of carbonyl (C=O) groups is 1. The third kappa shape index (κ3) is 3.39. The van der Waals surface area contributed by atoms with Crippen LogP contribution in [0, 0.1) is 0 Å². The van der Waals surface area contributed by atoms with E-state index >= 15 is 0 Å². The minimum atomic E-state index is 0.0537. The molecule has 0 aliphatic carbocycles. The normalized spacial score (nSPS) is 28.1. The molecule has 18 heavy (non-hydrogen) atoms. The molecule has 0 saturated carbocycles. The highest BCUT2D eigenvalue weighted by Crippen LogP contribution is 2.23. The van der Waals surface area contributed by atoms with Gasteiger partial charge in [0.25, 0.3) is 0 Å². The molecule has 4 nitrogen and oxygen atoms in total. The number of amides is 1. The lowest BCUT2D eigenvalue weighted by molar-refractivity contribution is -0.137. The molecule has 104 valence electrons. The van der Waals surface area contributed by atoms with Gasteiger partial charge in [0, 0.05) is 50.3 Å². The summed E-state index contributed by atoms with van der Waals surface area (Å²) in [4.78, 5) is 16.8. The maximum absolute atomic E-state index is 12.4. The fraction of sp³-hybridized carbons (Fsp3) is 0.923. The van der Waals surface area contributed by atoms with Gasteiger partial charge in [-0.25, -0.2) is 0 Å². The highest BCUT2D eigenvalue weighted by Gasteiger charge is 2.30. The number of piperazine rings is 1. The maximum Gasteiger partial charge on any atom is 0.239 e. The van der Waals surface area contributed by atoms with Gasteiger partial charge in [-0.15, -0.1) is 0 Å². The molecule has 1 N–H and O–H groups in total. The molecule has 2 saturated heterocycles. The smallest absolute Gasteiger partial charge is 0.239 e. The Kier molecular flexibility index (Phi) is 5.33. The van der Waals surface area contributed by atoms with Crippen LogP contribution < -0.4 is 5.32 Å². The largest absolute Gasteiger partial charge is 0.339 e. The van der Waals surface area contributed by atoms with Crippen molar-refractivity contribution in [1.29, 1.82) is 0 Å². The second-order valence-electron chi connectivity index (χ2n) is 5.15. The quantitative estimate of drug-likeness (QED) is 0.817. The number of carbonyl (C=O) groups excluding carboxylic acids is 1. The van der Waals surface area contributed by atoms with Crippen molar-refractivity contribution in [3.8, 4) is 0 Å². The third-order valence-corrected chi connectivity index (χ3v) is 5.33. The van der Waals surface area contributed by atoms with Crippen LogP contribution in [0.1, 0.15) is 20.3 Å². The third-order valence-electron chi connectivity index (χ3n) is 3.96. The Labute approximate surface area is 114 Å². The maximum atomic E-state index is 12.4. The van der Waals surface area contributed by atoms with Crippen molar-refractivity contribution in [1.82, 2.24) is 15.1 Å². The molecule has 0 radical (unpaired) electrons. The summed E-state index contributed by atoms with van der Waals surface area (Å²) in [5.74, 6) is 1.48. The van der Waals surface area contributed by atoms with Crippen molar-refractivity contribution in [3.05, 3.63) is 0 Å². The van der Waals surface area contributed by atoms with Crippen molar-refractivity contribution in [2.24, 2.45) is 0 Å². The van der Waals surface area contributed by atoms with Crippen LogP contribution in [0.15, 0.2) is 0 Å². The van der Waals surface area contributed by atoms with Crippen LogP contribution in [0.4, 0.5) is 0 Å². The van der Waals surface area contributed by atoms with Gasteiger partial charge in [-0.2, -0.15) is 11.8 Å². The van der Waals surface area contributed by atoms with E-state index in [0.29, 0.717) is 11.2 Å². The summed E-state index contributed by atoms with van der Waals surface area (Å²) in [6, 6.07) is 0.0537. The first-order chi connectivity index (χ1) is 8.72. The molecule has 2 heterocycles. The van der Waals surface area contributed by atoms with Gasteiger partial charge >= 0.3 is 0 Å². The van der Waals surface area contributed by atoms with E-state index in [4.69, 9.17) is 0 Å². The van der Waals surface area contributed by atoms with Gasteiger partial charge in [0.15, 0.2) is 0 Å². The number of thioether (sulfide) groups is 1. The SMILES string of the molecule is CCC1CN(C(C)C(=O)N2CCNCC2)CCS1. The minimum Gasteiger partial charge on any atom is -0.339 e.